The molecule has 1 aromatic carbocycles. The van der Waals surface area contributed by atoms with Crippen LogP contribution in [0.1, 0.15) is 37.6 Å². The minimum atomic E-state index is -0.299. The van der Waals surface area contributed by atoms with Gasteiger partial charge in [-0.15, -0.1) is 0 Å². The van der Waals surface area contributed by atoms with Gasteiger partial charge in [0.2, 0.25) is 17.8 Å². The summed E-state index contributed by atoms with van der Waals surface area (Å²) < 4.78 is 0. The fraction of sp³-hybridized carbons (Fsp3) is 0.520. The van der Waals surface area contributed by atoms with Crippen molar-refractivity contribution in [3.63, 3.8) is 0 Å². The predicted octanol–water partition coefficient (Wildman–Crippen LogP) is 3.13. The Morgan fingerprint density at radius 1 is 1.09 bits per heavy atom. The van der Waals surface area contributed by atoms with Crippen LogP contribution in [0.25, 0.3) is 0 Å². The first-order valence-corrected chi connectivity index (χ1v) is 11.9. The molecule has 33 heavy (non-hydrogen) atoms. The summed E-state index contributed by atoms with van der Waals surface area (Å²) in [6.07, 6.45) is 2.77. The predicted molar refractivity (Wildman–Crippen MR) is 130 cm³/mol. The summed E-state index contributed by atoms with van der Waals surface area (Å²) >= 11 is 0. The van der Waals surface area contributed by atoms with Gasteiger partial charge in [0, 0.05) is 55.4 Å². The van der Waals surface area contributed by atoms with Crippen LogP contribution in [0, 0.1) is 19.8 Å². The number of aromatic nitrogens is 2. The van der Waals surface area contributed by atoms with Crippen molar-refractivity contribution in [3.8, 4) is 0 Å². The van der Waals surface area contributed by atoms with Crippen LogP contribution in [0.2, 0.25) is 0 Å². The fourth-order valence-corrected chi connectivity index (χ4v) is 4.67. The van der Waals surface area contributed by atoms with Crippen LogP contribution in [0.15, 0.2) is 30.3 Å². The highest BCUT2D eigenvalue weighted by atomic mass is 16.2. The van der Waals surface area contributed by atoms with Crippen molar-refractivity contribution in [2.75, 3.05) is 49.5 Å². The average Bonchev–Trinajstić information content (AvgIpc) is 3.43. The number of rotatable bonds is 8. The third kappa shape index (κ3) is 5.68. The van der Waals surface area contributed by atoms with Crippen molar-refractivity contribution in [1.82, 2.24) is 19.8 Å². The topological polar surface area (TPSA) is 81.7 Å². The average molecular weight is 451 g/mol. The van der Waals surface area contributed by atoms with Crippen LogP contribution in [0.5, 0.6) is 0 Å². The van der Waals surface area contributed by atoms with E-state index in [1.54, 1.807) is 0 Å². The van der Waals surface area contributed by atoms with Crippen molar-refractivity contribution >= 4 is 29.1 Å². The Morgan fingerprint density at radius 2 is 1.76 bits per heavy atom. The SMILES string of the molecule is CCN(c1ccc(NC(=O)C2CC(=O)N(CCN3CCCC3)C2)cc1)c1nc(C)cc(C)n1. The Morgan fingerprint density at radius 3 is 2.39 bits per heavy atom. The van der Waals surface area contributed by atoms with E-state index >= 15 is 0 Å². The lowest BCUT2D eigenvalue weighted by molar-refractivity contribution is -0.128. The molecule has 2 saturated heterocycles. The van der Waals surface area contributed by atoms with E-state index in [4.69, 9.17) is 0 Å². The monoisotopic (exact) mass is 450 g/mol. The van der Waals surface area contributed by atoms with E-state index in [2.05, 4.69) is 27.1 Å². The second-order valence-corrected chi connectivity index (χ2v) is 9.02. The van der Waals surface area contributed by atoms with Crippen LogP contribution in [0.4, 0.5) is 17.3 Å². The molecule has 8 nitrogen and oxygen atoms in total. The summed E-state index contributed by atoms with van der Waals surface area (Å²) in [6.45, 7) is 11.1. The molecule has 0 spiro atoms. The zero-order valence-corrected chi connectivity index (χ0v) is 19.9. The van der Waals surface area contributed by atoms with Crippen molar-refractivity contribution < 1.29 is 9.59 Å². The summed E-state index contributed by atoms with van der Waals surface area (Å²) in [5, 5.41) is 2.99. The Kier molecular flexibility index (Phi) is 7.23. The highest BCUT2D eigenvalue weighted by Gasteiger charge is 2.34. The van der Waals surface area contributed by atoms with Gasteiger partial charge in [-0.3, -0.25) is 9.59 Å². The van der Waals surface area contributed by atoms with Crippen LogP contribution >= 0.6 is 0 Å². The van der Waals surface area contributed by atoms with Gasteiger partial charge in [-0.2, -0.15) is 0 Å². The molecule has 0 radical (unpaired) electrons. The van der Waals surface area contributed by atoms with E-state index in [0.29, 0.717) is 19.0 Å². The first-order valence-electron chi connectivity index (χ1n) is 11.9. The lowest BCUT2D eigenvalue weighted by Crippen LogP contribution is -2.35. The molecule has 8 heteroatoms. The Labute approximate surface area is 196 Å². The number of amides is 2. The van der Waals surface area contributed by atoms with Gasteiger partial charge in [-0.25, -0.2) is 9.97 Å². The number of carbonyl (C=O) groups excluding carboxylic acids is 2. The highest BCUT2D eigenvalue weighted by molar-refractivity contribution is 5.97. The summed E-state index contributed by atoms with van der Waals surface area (Å²) in [5.41, 5.74) is 3.55. The van der Waals surface area contributed by atoms with Gasteiger partial charge in [0.05, 0.1) is 5.92 Å². The van der Waals surface area contributed by atoms with Gasteiger partial charge in [-0.05, 0) is 77.0 Å². The van der Waals surface area contributed by atoms with E-state index < -0.39 is 0 Å². The molecule has 0 bridgehead atoms. The lowest BCUT2D eigenvalue weighted by Gasteiger charge is -2.22. The Hall–Kier alpha value is -3.00. The largest absolute Gasteiger partial charge is 0.341 e. The highest BCUT2D eigenvalue weighted by Crippen LogP contribution is 2.25. The second-order valence-electron chi connectivity index (χ2n) is 9.02. The van der Waals surface area contributed by atoms with Gasteiger partial charge in [0.1, 0.15) is 0 Å². The van der Waals surface area contributed by atoms with Gasteiger partial charge in [-0.1, -0.05) is 0 Å². The van der Waals surface area contributed by atoms with Crippen LogP contribution < -0.4 is 10.2 Å². The van der Waals surface area contributed by atoms with Crippen LogP contribution in [-0.4, -0.2) is 70.9 Å². The minimum Gasteiger partial charge on any atom is -0.341 e. The lowest BCUT2D eigenvalue weighted by atomic mass is 10.1. The summed E-state index contributed by atoms with van der Waals surface area (Å²) in [6, 6.07) is 9.66. The molecule has 2 aliphatic rings. The molecular formula is C25H34N6O2. The van der Waals surface area contributed by atoms with Gasteiger partial charge in [0.15, 0.2) is 0 Å². The number of carbonyl (C=O) groups is 2. The fourth-order valence-electron chi connectivity index (χ4n) is 4.67. The summed E-state index contributed by atoms with van der Waals surface area (Å²) in [5.74, 6) is 0.360. The number of hydrogen-bond donors (Lipinski definition) is 1. The molecule has 1 aromatic heterocycles. The number of nitrogens with zero attached hydrogens (tertiary/aromatic N) is 5. The molecule has 1 unspecified atom stereocenters. The Balaban J connectivity index is 1.34. The molecule has 0 aliphatic carbocycles. The normalized spacial score (nSPS) is 18.7. The maximum atomic E-state index is 12.8. The smallest absolute Gasteiger partial charge is 0.230 e. The van der Waals surface area contributed by atoms with Crippen molar-refractivity contribution in [2.24, 2.45) is 5.92 Å². The molecule has 2 fully saturated rings. The van der Waals surface area contributed by atoms with Crippen LogP contribution in [0.3, 0.4) is 0 Å². The number of benzene rings is 1. The number of aryl methyl sites for hydroxylation is 2. The van der Waals surface area contributed by atoms with Gasteiger partial charge < -0.3 is 20.0 Å². The molecule has 1 N–H and O–H groups in total. The number of anilines is 3. The van der Waals surface area contributed by atoms with Gasteiger partial charge >= 0.3 is 0 Å². The first-order chi connectivity index (χ1) is 15.9. The van der Waals surface area contributed by atoms with Gasteiger partial charge in [0.25, 0.3) is 0 Å². The standard InChI is InChI=1S/C25H34N6O2/c1-4-31(25-26-18(2)15-19(3)27-25)22-9-7-21(8-10-22)28-24(33)20-16-23(32)30(17-20)14-13-29-11-5-6-12-29/h7-10,15,20H,4-6,11-14,16-17H2,1-3H3,(H,28,33). The molecule has 4 rings (SSSR count). The van der Waals surface area contributed by atoms with Crippen molar-refractivity contribution in [1.29, 1.82) is 0 Å². The molecule has 2 aromatic rings. The summed E-state index contributed by atoms with van der Waals surface area (Å²) in [7, 11) is 0. The maximum Gasteiger partial charge on any atom is 0.230 e. The number of likely N-dealkylation sites (tertiary alicyclic amines) is 2. The minimum absolute atomic E-state index is 0.0803. The van der Waals surface area contributed by atoms with E-state index in [0.717, 1.165) is 48.9 Å². The van der Waals surface area contributed by atoms with E-state index in [1.807, 2.05) is 54.0 Å². The van der Waals surface area contributed by atoms with Crippen molar-refractivity contribution in [3.05, 3.63) is 41.7 Å². The third-order valence-electron chi connectivity index (χ3n) is 6.44. The summed E-state index contributed by atoms with van der Waals surface area (Å²) in [4.78, 5) is 40.6. The third-order valence-corrected chi connectivity index (χ3v) is 6.44. The van der Waals surface area contributed by atoms with Crippen LogP contribution in [-0.2, 0) is 9.59 Å². The zero-order chi connectivity index (χ0) is 23.4. The van der Waals surface area contributed by atoms with E-state index in [1.165, 1.54) is 12.8 Å². The van der Waals surface area contributed by atoms with Crippen molar-refractivity contribution in [2.45, 2.75) is 40.0 Å². The maximum absolute atomic E-state index is 12.8. The molecule has 1 atom stereocenters. The van der Waals surface area contributed by atoms with E-state index in [-0.39, 0.29) is 24.2 Å². The second kappa shape index (κ2) is 10.3. The molecule has 176 valence electrons. The molecular weight excluding hydrogens is 416 g/mol. The number of hydrogen-bond acceptors (Lipinski definition) is 6. The number of nitrogens with one attached hydrogen (secondary N) is 1. The van der Waals surface area contributed by atoms with E-state index in [9.17, 15) is 9.59 Å². The first kappa shape index (κ1) is 23.2. The molecule has 3 heterocycles. The zero-order valence-electron chi connectivity index (χ0n) is 19.9. The molecule has 0 saturated carbocycles. The molecule has 2 aliphatic heterocycles. The molecule has 2 amide bonds. The Bertz CT molecular complexity index is 967. The quantitative estimate of drug-likeness (QED) is 0.666.